The number of benzene rings is 1. The van der Waals surface area contributed by atoms with Crippen molar-refractivity contribution in [2.24, 2.45) is 0 Å². The lowest BCUT2D eigenvalue weighted by molar-refractivity contribution is -0.113. The molecule has 2 rings (SSSR count). The van der Waals surface area contributed by atoms with Crippen LogP contribution in [0.4, 0.5) is 5.69 Å². The maximum absolute atomic E-state index is 11.8. The van der Waals surface area contributed by atoms with Crippen LogP contribution in [0, 0.1) is 13.8 Å². The maximum atomic E-state index is 11.8. The molecule has 0 saturated heterocycles. The van der Waals surface area contributed by atoms with Crippen molar-refractivity contribution in [2.75, 3.05) is 11.1 Å². The van der Waals surface area contributed by atoms with Crippen LogP contribution in [0.25, 0.3) is 0 Å². The summed E-state index contributed by atoms with van der Waals surface area (Å²) in [6.45, 7) is 3.99. The topological polar surface area (TPSA) is 79.5 Å². The van der Waals surface area contributed by atoms with Crippen molar-refractivity contribution in [1.29, 1.82) is 0 Å². The van der Waals surface area contributed by atoms with E-state index >= 15 is 0 Å². The van der Waals surface area contributed by atoms with E-state index in [4.69, 9.17) is 9.52 Å². The second kappa shape index (κ2) is 6.49. The normalized spacial score (nSPS) is 10.4. The summed E-state index contributed by atoms with van der Waals surface area (Å²) in [5.74, 6) is -1.27. The summed E-state index contributed by atoms with van der Waals surface area (Å²) in [6, 6.07) is 8.61. The second-order valence-electron chi connectivity index (χ2n) is 4.56. The van der Waals surface area contributed by atoms with Gasteiger partial charge in [-0.2, -0.15) is 0 Å². The zero-order valence-electron chi connectivity index (χ0n) is 11.7. The fourth-order valence-corrected chi connectivity index (χ4v) is 2.32. The van der Waals surface area contributed by atoms with Crippen LogP contribution in [0.2, 0.25) is 0 Å². The molecule has 0 spiro atoms. The molecule has 5 nitrogen and oxygen atoms in total. The molecule has 1 aromatic carbocycles. The number of carbonyl (C=O) groups is 2. The number of thioether (sulfide) groups is 1. The first-order chi connectivity index (χ1) is 9.95. The van der Waals surface area contributed by atoms with Gasteiger partial charge < -0.3 is 14.8 Å². The number of nitrogens with one attached hydrogen (secondary N) is 1. The van der Waals surface area contributed by atoms with Crippen molar-refractivity contribution in [3.8, 4) is 0 Å². The first-order valence-electron chi connectivity index (χ1n) is 6.29. The Morgan fingerprint density at radius 2 is 1.95 bits per heavy atom. The number of aromatic carboxylic acids is 1. The van der Waals surface area contributed by atoms with E-state index in [1.807, 2.05) is 32.0 Å². The van der Waals surface area contributed by atoms with Crippen LogP contribution in [-0.2, 0) is 4.79 Å². The molecule has 1 heterocycles. The molecule has 0 aliphatic rings. The third-order valence-corrected chi connectivity index (χ3v) is 3.84. The summed E-state index contributed by atoms with van der Waals surface area (Å²) < 4.78 is 5.06. The molecule has 0 unspecified atom stereocenters. The third kappa shape index (κ3) is 4.13. The largest absolute Gasteiger partial charge is 0.475 e. The van der Waals surface area contributed by atoms with Crippen LogP contribution in [0.1, 0.15) is 21.7 Å². The van der Waals surface area contributed by atoms with E-state index in [2.05, 4.69) is 5.32 Å². The van der Waals surface area contributed by atoms with Crippen molar-refractivity contribution in [1.82, 2.24) is 0 Å². The van der Waals surface area contributed by atoms with Gasteiger partial charge in [0.2, 0.25) is 11.7 Å². The minimum absolute atomic E-state index is 0.132. The zero-order chi connectivity index (χ0) is 15.4. The summed E-state index contributed by atoms with van der Waals surface area (Å²) in [6.07, 6.45) is 0. The van der Waals surface area contributed by atoms with Gasteiger partial charge in [0.05, 0.1) is 5.75 Å². The first-order valence-corrected chi connectivity index (χ1v) is 7.27. The number of carbonyl (C=O) groups excluding carboxylic acids is 1. The minimum atomic E-state index is -1.12. The minimum Gasteiger partial charge on any atom is -0.475 e. The number of carboxylic acid groups (broad SMARTS) is 1. The van der Waals surface area contributed by atoms with Crippen LogP contribution < -0.4 is 5.32 Å². The molecule has 0 radical (unpaired) electrons. The van der Waals surface area contributed by atoms with Crippen molar-refractivity contribution < 1.29 is 19.1 Å². The number of amides is 1. The van der Waals surface area contributed by atoms with Crippen LogP contribution in [0.5, 0.6) is 0 Å². The summed E-state index contributed by atoms with van der Waals surface area (Å²) in [5, 5.41) is 11.9. The van der Waals surface area contributed by atoms with Crippen LogP contribution >= 0.6 is 11.8 Å². The molecular weight excluding hydrogens is 290 g/mol. The molecule has 6 heteroatoms. The Kier molecular flexibility index (Phi) is 4.70. The Morgan fingerprint density at radius 1 is 1.19 bits per heavy atom. The molecule has 1 amide bonds. The summed E-state index contributed by atoms with van der Waals surface area (Å²) >= 11 is 1.15. The third-order valence-electron chi connectivity index (χ3n) is 2.93. The molecule has 0 fully saturated rings. The first kappa shape index (κ1) is 15.2. The van der Waals surface area contributed by atoms with E-state index in [-0.39, 0.29) is 17.4 Å². The molecule has 2 N–H and O–H groups in total. The number of rotatable bonds is 5. The molecule has 0 aliphatic carbocycles. The van der Waals surface area contributed by atoms with Gasteiger partial charge in [-0.15, -0.1) is 0 Å². The van der Waals surface area contributed by atoms with Gasteiger partial charge in [-0.25, -0.2) is 4.79 Å². The second-order valence-corrected chi connectivity index (χ2v) is 5.54. The predicted molar refractivity (Wildman–Crippen MR) is 80.9 cm³/mol. The Morgan fingerprint density at radius 3 is 2.57 bits per heavy atom. The van der Waals surface area contributed by atoms with E-state index in [1.165, 1.54) is 17.7 Å². The Bertz CT molecular complexity index is 678. The van der Waals surface area contributed by atoms with Crippen LogP contribution in [0.3, 0.4) is 0 Å². The summed E-state index contributed by atoms with van der Waals surface area (Å²) in [4.78, 5) is 22.5. The molecule has 0 saturated carbocycles. The molecule has 110 valence electrons. The standard InChI is InChI=1S/C15H15NO4S/c1-9-3-4-11(7-10(9)2)16-13(17)8-21-14-6-5-12(20-14)15(18)19/h3-7H,8H2,1-2H3,(H,16,17)(H,18,19). The Labute approximate surface area is 126 Å². The Hall–Kier alpha value is -2.21. The van der Waals surface area contributed by atoms with E-state index in [0.717, 1.165) is 23.0 Å². The highest BCUT2D eigenvalue weighted by Crippen LogP contribution is 2.21. The SMILES string of the molecule is Cc1ccc(NC(=O)CSc2ccc(C(=O)O)o2)cc1C. The quantitative estimate of drug-likeness (QED) is 0.828. The molecule has 1 aromatic heterocycles. The highest BCUT2D eigenvalue weighted by atomic mass is 32.2. The van der Waals surface area contributed by atoms with E-state index in [0.29, 0.717) is 5.09 Å². The molecule has 0 bridgehead atoms. The van der Waals surface area contributed by atoms with Crippen molar-refractivity contribution in [3.63, 3.8) is 0 Å². The van der Waals surface area contributed by atoms with E-state index in [9.17, 15) is 9.59 Å². The van der Waals surface area contributed by atoms with Gasteiger partial charge in [0.25, 0.3) is 0 Å². The average Bonchev–Trinajstić information content (AvgIpc) is 2.90. The van der Waals surface area contributed by atoms with Gasteiger partial charge >= 0.3 is 5.97 Å². The zero-order valence-corrected chi connectivity index (χ0v) is 12.5. The lowest BCUT2D eigenvalue weighted by Gasteiger charge is -2.07. The van der Waals surface area contributed by atoms with Gasteiger partial charge in [0.1, 0.15) is 0 Å². The van der Waals surface area contributed by atoms with Gasteiger partial charge in [-0.1, -0.05) is 17.8 Å². The smallest absolute Gasteiger partial charge is 0.371 e. The van der Waals surface area contributed by atoms with E-state index in [1.54, 1.807) is 0 Å². The van der Waals surface area contributed by atoms with E-state index < -0.39 is 5.97 Å². The fraction of sp³-hybridized carbons (Fsp3) is 0.200. The number of carboxylic acids is 1. The molecule has 0 atom stereocenters. The highest BCUT2D eigenvalue weighted by molar-refractivity contribution is 7.99. The monoisotopic (exact) mass is 305 g/mol. The van der Waals surface area contributed by atoms with Crippen LogP contribution in [0.15, 0.2) is 39.8 Å². The number of anilines is 1. The number of hydrogen-bond acceptors (Lipinski definition) is 4. The van der Waals surface area contributed by atoms with Crippen molar-refractivity contribution in [3.05, 3.63) is 47.2 Å². The number of hydrogen-bond donors (Lipinski definition) is 2. The number of furan rings is 1. The summed E-state index contributed by atoms with van der Waals surface area (Å²) in [7, 11) is 0. The van der Waals surface area contributed by atoms with Gasteiger partial charge in [0.15, 0.2) is 5.09 Å². The molecule has 21 heavy (non-hydrogen) atoms. The van der Waals surface area contributed by atoms with Gasteiger partial charge in [-0.05, 0) is 49.2 Å². The fourth-order valence-electron chi connectivity index (χ4n) is 1.67. The number of aryl methyl sites for hydroxylation is 2. The van der Waals surface area contributed by atoms with Gasteiger partial charge in [0, 0.05) is 5.69 Å². The maximum Gasteiger partial charge on any atom is 0.371 e. The van der Waals surface area contributed by atoms with Crippen molar-refractivity contribution >= 4 is 29.3 Å². The molecule has 2 aromatic rings. The van der Waals surface area contributed by atoms with Crippen molar-refractivity contribution in [2.45, 2.75) is 18.9 Å². The Balaban J connectivity index is 1.89. The lowest BCUT2D eigenvalue weighted by atomic mass is 10.1. The van der Waals surface area contributed by atoms with Crippen LogP contribution in [-0.4, -0.2) is 22.7 Å². The average molecular weight is 305 g/mol. The predicted octanol–water partition coefficient (Wildman–Crippen LogP) is 3.33. The summed E-state index contributed by atoms with van der Waals surface area (Å²) in [5.41, 5.74) is 3.02. The molecular formula is C15H15NO4S. The highest BCUT2D eigenvalue weighted by Gasteiger charge is 2.11. The van der Waals surface area contributed by atoms with Gasteiger partial charge in [-0.3, -0.25) is 4.79 Å². The lowest BCUT2D eigenvalue weighted by Crippen LogP contribution is -2.14. The molecule has 0 aliphatic heterocycles.